The maximum Gasteiger partial charge on any atom is 0.328 e. The molecule has 9 nitrogen and oxygen atoms in total. The first-order valence-corrected chi connectivity index (χ1v) is 8.48. The van der Waals surface area contributed by atoms with Gasteiger partial charge in [0, 0.05) is 6.20 Å². The number of nitrogen functional groups attached to an aromatic ring is 1. The predicted molar refractivity (Wildman–Crippen MR) is 97.9 cm³/mol. The molecule has 0 radical (unpaired) electrons. The third-order valence-electron chi connectivity index (χ3n) is 3.78. The lowest BCUT2D eigenvalue weighted by Gasteiger charge is -2.08. The second-order valence-electron chi connectivity index (χ2n) is 5.64. The van der Waals surface area contributed by atoms with E-state index in [0.717, 1.165) is 18.4 Å². The number of methoxy groups -OCH3 is 1. The van der Waals surface area contributed by atoms with Crippen LogP contribution < -0.4 is 20.9 Å². The van der Waals surface area contributed by atoms with Gasteiger partial charge < -0.3 is 20.2 Å². The van der Waals surface area contributed by atoms with Gasteiger partial charge in [0.1, 0.15) is 5.52 Å². The number of aromatic amines is 1. The summed E-state index contributed by atoms with van der Waals surface area (Å²) in [6.45, 7) is 2.75. The number of rotatable bonds is 7. The number of fused-ring (bicyclic) bond motifs is 1. The van der Waals surface area contributed by atoms with Crippen molar-refractivity contribution in [3.8, 4) is 11.8 Å². The number of nitrogens with zero attached hydrogens (tertiary/aromatic N) is 4. The van der Waals surface area contributed by atoms with Crippen LogP contribution in [0.25, 0.3) is 11.2 Å². The molecule has 0 saturated heterocycles. The average molecular weight is 379 g/mol. The number of nitrogens with one attached hydrogen (secondary N) is 1. The summed E-state index contributed by atoms with van der Waals surface area (Å²) in [6.07, 6.45) is 3.43. The first-order valence-electron chi connectivity index (χ1n) is 8.10. The zero-order valence-corrected chi connectivity index (χ0v) is 15.2. The molecule has 0 spiro atoms. The normalized spacial score (nSPS) is 11.0. The van der Waals surface area contributed by atoms with Crippen molar-refractivity contribution in [2.24, 2.45) is 0 Å². The van der Waals surface area contributed by atoms with Crippen LogP contribution in [0.1, 0.15) is 25.3 Å². The van der Waals surface area contributed by atoms with E-state index in [0.29, 0.717) is 23.5 Å². The second-order valence-corrected chi connectivity index (χ2v) is 6.00. The van der Waals surface area contributed by atoms with Gasteiger partial charge in [0.15, 0.2) is 22.4 Å². The topological polar surface area (TPSA) is 121 Å². The molecule has 0 aliphatic carbocycles. The molecule has 0 amide bonds. The summed E-state index contributed by atoms with van der Waals surface area (Å²) in [7, 11) is 1.50. The Morgan fingerprint density at radius 1 is 1.38 bits per heavy atom. The van der Waals surface area contributed by atoms with Crippen molar-refractivity contribution in [1.82, 2.24) is 24.5 Å². The number of anilines is 1. The van der Waals surface area contributed by atoms with Crippen molar-refractivity contribution in [1.29, 1.82) is 0 Å². The van der Waals surface area contributed by atoms with Crippen LogP contribution in [0.2, 0.25) is 5.15 Å². The van der Waals surface area contributed by atoms with E-state index in [2.05, 4.69) is 26.9 Å². The molecule has 3 aromatic rings. The molecule has 26 heavy (non-hydrogen) atoms. The molecule has 10 heteroatoms. The maximum atomic E-state index is 12.4. The molecule has 3 N–H and O–H groups in total. The molecular weight excluding hydrogens is 360 g/mol. The van der Waals surface area contributed by atoms with Gasteiger partial charge in [-0.3, -0.25) is 4.57 Å². The van der Waals surface area contributed by atoms with E-state index in [4.69, 9.17) is 26.8 Å². The number of ether oxygens (including phenoxy) is 2. The molecule has 0 aliphatic rings. The van der Waals surface area contributed by atoms with Crippen molar-refractivity contribution in [3.63, 3.8) is 0 Å². The van der Waals surface area contributed by atoms with Gasteiger partial charge in [-0.2, -0.15) is 9.97 Å². The van der Waals surface area contributed by atoms with Crippen molar-refractivity contribution < 1.29 is 9.47 Å². The Hall–Kier alpha value is -2.81. The summed E-state index contributed by atoms with van der Waals surface area (Å²) in [6, 6.07) is 1.85. The monoisotopic (exact) mass is 378 g/mol. The molecule has 0 saturated carbocycles. The van der Waals surface area contributed by atoms with Gasteiger partial charge in [0.2, 0.25) is 0 Å². The van der Waals surface area contributed by atoms with Crippen LogP contribution in [0.5, 0.6) is 11.8 Å². The third kappa shape index (κ3) is 3.57. The van der Waals surface area contributed by atoms with Crippen molar-refractivity contribution in [2.75, 3.05) is 19.5 Å². The molecular formula is C16H19ClN6O3. The quantitative estimate of drug-likeness (QED) is 0.476. The predicted octanol–water partition coefficient (Wildman–Crippen LogP) is 1.99. The van der Waals surface area contributed by atoms with Crippen molar-refractivity contribution >= 4 is 28.6 Å². The fourth-order valence-corrected chi connectivity index (χ4v) is 2.61. The number of H-pyrrole nitrogens is 1. The number of halogens is 1. The minimum absolute atomic E-state index is 0.142. The Morgan fingerprint density at radius 2 is 2.19 bits per heavy atom. The number of pyridine rings is 1. The van der Waals surface area contributed by atoms with Gasteiger partial charge in [-0.1, -0.05) is 24.9 Å². The second kappa shape index (κ2) is 7.61. The summed E-state index contributed by atoms with van der Waals surface area (Å²) >= 11 is 5.94. The van der Waals surface area contributed by atoms with Crippen molar-refractivity contribution in [2.45, 2.75) is 26.3 Å². The van der Waals surface area contributed by atoms with Gasteiger partial charge in [0.25, 0.3) is 0 Å². The van der Waals surface area contributed by atoms with Gasteiger partial charge in [-0.25, -0.2) is 9.78 Å². The Bertz CT molecular complexity index is 984. The van der Waals surface area contributed by atoms with E-state index in [1.165, 1.54) is 11.7 Å². The maximum absolute atomic E-state index is 12.4. The molecule has 3 rings (SSSR count). The number of imidazole rings is 1. The highest BCUT2D eigenvalue weighted by atomic mass is 35.5. The minimum Gasteiger partial charge on any atom is -0.494 e. The number of hydrogen-bond donors (Lipinski definition) is 2. The van der Waals surface area contributed by atoms with Crippen LogP contribution in [0, 0.1) is 0 Å². The summed E-state index contributed by atoms with van der Waals surface area (Å²) in [5, 5.41) is 0.251. The highest BCUT2D eigenvalue weighted by Crippen LogP contribution is 2.23. The van der Waals surface area contributed by atoms with Crippen LogP contribution in [0.3, 0.4) is 0 Å². The molecule has 0 aromatic carbocycles. The lowest BCUT2D eigenvalue weighted by Crippen LogP contribution is -2.18. The summed E-state index contributed by atoms with van der Waals surface area (Å²) in [5.41, 5.74) is 7.03. The van der Waals surface area contributed by atoms with Crippen LogP contribution in [-0.2, 0) is 6.54 Å². The van der Waals surface area contributed by atoms with E-state index in [9.17, 15) is 4.79 Å². The van der Waals surface area contributed by atoms with Crippen LogP contribution in [0.4, 0.5) is 5.82 Å². The van der Waals surface area contributed by atoms with Crippen LogP contribution >= 0.6 is 11.6 Å². The third-order valence-corrected chi connectivity index (χ3v) is 4.07. The Kier molecular flexibility index (Phi) is 5.27. The van der Waals surface area contributed by atoms with E-state index >= 15 is 0 Å². The number of aromatic nitrogens is 5. The fourth-order valence-electron chi connectivity index (χ4n) is 2.43. The highest BCUT2D eigenvalue weighted by Gasteiger charge is 2.15. The summed E-state index contributed by atoms with van der Waals surface area (Å²) in [4.78, 5) is 27.5. The minimum atomic E-state index is -0.361. The zero-order valence-electron chi connectivity index (χ0n) is 14.5. The highest BCUT2D eigenvalue weighted by molar-refractivity contribution is 6.30. The first kappa shape index (κ1) is 18.0. The van der Waals surface area contributed by atoms with Crippen molar-refractivity contribution in [3.05, 3.63) is 33.5 Å². The zero-order chi connectivity index (χ0) is 18.7. The van der Waals surface area contributed by atoms with Gasteiger partial charge in [-0.15, -0.1) is 0 Å². The Balaban J connectivity index is 1.99. The molecule has 0 fully saturated rings. The molecule has 3 heterocycles. The molecule has 138 valence electrons. The SMILES string of the molecule is CCCCOc1nc(N)c2[nH]c(=O)n(Cc3cnc(Cl)c(OC)c3)c2n1. The molecule has 0 bridgehead atoms. The number of nitrogens with two attached hydrogens (primary N) is 1. The molecule has 0 unspecified atom stereocenters. The van der Waals surface area contributed by atoms with E-state index in [1.807, 2.05) is 0 Å². The lowest BCUT2D eigenvalue weighted by atomic mass is 10.2. The van der Waals surface area contributed by atoms with Crippen LogP contribution in [-0.4, -0.2) is 38.2 Å². The average Bonchev–Trinajstić information content (AvgIpc) is 2.93. The first-order chi connectivity index (χ1) is 12.5. The number of unbranched alkanes of at least 4 members (excludes halogenated alkanes) is 1. The standard InChI is InChI=1S/C16H19ClN6O3/c1-3-4-5-26-15-21-13(18)11-14(22-15)23(16(24)20-11)8-9-6-10(25-2)12(17)19-7-9/h6-7H,3-5,8H2,1-2H3,(H,20,24)(H2,18,21,22). The van der Waals surface area contributed by atoms with Gasteiger partial charge >= 0.3 is 11.7 Å². The smallest absolute Gasteiger partial charge is 0.328 e. The van der Waals surface area contributed by atoms with Crippen LogP contribution in [0.15, 0.2) is 17.1 Å². The molecule has 0 atom stereocenters. The Labute approximate surface area is 154 Å². The fraction of sp³-hybridized carbons (Fsp3) is 0.375. The lowest BCUT2D eigenvalue weighted by molar-refractivity contribution is 0.286. The van der Waals surface area contributed by atoms with E-state index in [1.54, 1.807) is 12.3 Å². The van der Waals surface area contributed by atoms with Gasteiger partial charge in [-0.05, 0) is 18.1 Å². The van der Waals surface area contributed by atoms with Gasteiger partial charge in [0.05, 0.1) is 20.3 Å². The Morgan fingerprint density at radius 3 is 2.92 bits per heavy atom. The molecule has 3 aromatic heterocycles. The van der Waals surface area contributed by atoms with E-state index in [-0.39, 0.29) is 29.2 Å². The largest absolute Gasteiger partial charge is 0.494 e. The van der Waals surface area contributed by atoms with E-state index < -0.39 is 0 Å². The summed E-state index contributed by atoms with van der Waals surface area (Å²) < 4.78 is 12.1. The summed E-state index contributed by atoms with van der Waals surface area (Å²) in [5.74, 6) is 0.582. The molecule has 0 aliphatic heterocycles. The number of hydrogen-bond acceptors (Lipinski definition) is 7.